The average molecular weight is 514 g/mol. The van der Waals surface area contributed by atoms with E-state index in [1.165, 1.54) is 17.0 Å². The van der Waals surface area contributed by atoms with Gasteiger partial charge in [-0.3, -0.25) is 9.59 Å². The molecule has 0 aliphatic rings. The Hall–Kier alpha value is -4.39. The molecule has 0 saturated carbocycles. The Labute approximate surface area is 222 Å². The van der Waals surface area contributed by atoms with Crippen LogP contribution in [-0.2, 0) is 11.3 Å². The molecule has 0 radical (unpaired) electrons. The highest BCUT2D eigenvalue weighted by atomic mass is 19.1. The van der Waals surface area contributed by atoms with E-state index in [0.717, 1.165) is 16.8 Å². The molecule has 1 aromatic heterocycles. The van der Waals surface area contributed by atoms with E-state index in [1.807, 2.05) is 81.4 Å². The molecule has 0 spiro atoms. The molecule has 3 aromatic carbocycles. The molecule has 1 atom stereocenters. The number of hydrogen-bond donors (Lipinski definition) is 2. The van der Waals surface area contributed by atoms with Crippen LogP contribution in [-0.4, -0.2) is 34.3 Å². The van der Waals surface area contributed by atoms with Crippen molar-refractivity contribution in [3.8, 4) is 17.0 Å². The summed E-state index contributed by atoms with van der Waals surface area (Å²) in [5.41, 5.74) is 2.84. The standard InChI is InChI=1S/C31H32FN3O3/c1-31(2,3)34-29(36)28(23-12-14-24(32)15-13-23)35(20-21-10-16-25(38-4)17-11-21)30(37)27-19-18-26(33-27)22-8-6-5-7-9-22/h5-19,28,33H,20H2,1-4H3,(H,34,36). The highest BCUT2D eigenvalue weighted by molar-refractivity contribution is 5.97. The van der Waals surface area contributed by atoms with Crippen molar-refractivity contribution in [1.29, 1.82) is 0 Å². The number of ether oxygens (including phenoxy) is 1. The second kappa shape index (κ2) is 11.3. The Balaban J connectivity index is 1.78. The molecule has 7 heteroatoms. The number of benzene rings is 3. The van der Waals surface area contributed by atoms with Crippen LogP contribution in [0.1, 0.15) is 48.4 Å². The molecule has 0 fully saturated rings. The van der Waals surface area contributed by atoms with Gasteiger partial charge in [-0.05, 0) is 73.9 Å². The van der Waals surface area contributed by atoms with Crippen molar-refractivity contribution in [3.05, 3.63) is 114 Å². The average Bonchev–Trinajstić information content (AvgIpc) is 3.39. The van der Waals surface area contributed by atoms with Gasteiger partial charge in [0.1, 0.15) is 23.3 Å². The number of amides is 2. The van der Waals surface area contributed by atoms with Crippen LogP contribution in [0.4, 0.5) is 4.39 Å². The Bertz CT molecular complexity index is 1370. The number of methoxy groups -OCH3 is 1. The summed E-state index contributed by atoms with van der Waals surface area (Å²) < 4.78 is 19.1. The number of H-pyrrole nitrogens is 1. The predicted octanol–water partition coefficient (Wildman–Crippen LogP) is 6.13. The van der Waals surface area contributed by atoms with Gasteiger partial charge < -0.3 is 19.9 Å². The topological polar surface area (TPSA) is 74.4 Å². The van der Waals surface area contributed by atoms with Gasteiger partial charge in [0.05, 0.1) is 7.11 Å². The molecular formula is C31H32FN3O3. The largest absolute Gasteiger partial charge is 0.497 e. The number of aromatic nitrogens is 1. The summed E-state index contributed by atoms with van der Waals surface area (Å²) in [5.74, 6) is -0.458. The van der Waals surface area contributed by atoms with Crippen molar-refractivity contribution >= 4 is 11.8 Å². The number of aromatic amines is 1. The first-order valence-electron chi connectivity index (χ1n) is 12.4. The minimum absolute atomic E-state index is 0.141. The molecule has 2 N–H and O–H groups in total. The van der Waals surface area contributed by atoms with Crippen LogP contribution in [0.2, 0.25) is 0 Å². The van der Waals surface area contributed by atoms with Crippen LogP contribution < -0.4 is 10.1 Å². The van der Waals surface area contributed by atoms with Crippen LogP contribution in [0.3, 0.4) is 0 Å². The van der Waals surface area contributed by atoms with Gasteiger partial charge in [0.15, 0.2) is 0 Å². The lowest BCUT2D eigenvalue weighted by molar-refractivity contribution is -0.127. The molecule has 4 rings (SSSR count). The van der Waals surface area contributed by atoms with Gasteiger partial charge in [0.2, 0.25) is 5.91 Å². The third-order valence-electron chi connectivity index (χ3n) is 6.02. The molecule has 4 aromatic rings. The Morgan fingerprint density at radius 3 is 2.18 bits per heavy atom. The highest BCUT2D eigenvalue weighted by Gasteiger charge is 2.34. The summed E-state index contributed by atoms with van der Waals surface area (Å²) in [5, 5.41) is 3.00. The van der Waals surface area contributed by atoms with Crippen molar-refractivity contribution in [2.45, 2.75) is 38.9 Å². The first kappa shape index (κ1) is 26.7. The Morgan fingerprint density at radius 2 is 1.58 bits per heavy atom. The number of nitrogens with one attached hydrogen (secondary N) is 2. The zero-order chi connectivity index (χ0) is 27.3. The lowest BCUT2D eigenvalue weighted by Crippen LogP contribution is -2.49. The number of hydrogen-bond acceptors (Lipinski definition) is 3. The highest BCUT2D eigenvalue weighted by Crippen LogP contribution is 2.28. The van der Waals surface area contributed by atoms with Crippen LogP contribution in [0.25, 0.3) is 11.3 Å². The van der Waals surface area contributed by atoms with Crippen molar-refractivity contribution < 1.29 is 18.7 Å². The molecule has 1 heterocycles. The molecule has 1 unspecified atom stereocenters. The SMILES string of the molecule is COc1ccc(CN(C(=O)c2ccc(-c3ccccc3)[nH]2)C(C(=O)NC(C)(C)C)c2ccc(F)cc2)cc1. The summed E-state index contributed by atoms with van der Waals surface area (Å²) in [7, 11) is 1.59. The minimum Gasteiger partial charge on any atom is -0.497 e. The third kappa shape index (κ3) is 6.48. The fourth-order valence-corrected chi connectivity index (χ4v) is 4.22. The summed E-state index contributed by atoms with van der Waals surface area (Å²) in [6.07, 6.45) is 0. The van der Waals surface area contributed by atoms with Crippen molar-refractivity contribution in [2.24, 2.45) is 0 Å². The van der Waals surface area contributed by atoms with E-state index in [4.69, 9.17) is 4.74 Å². The molecule has 38 heavy (non-hydrogen) atoms. The fraction of sp³-hybridized carbons (Fsp3) is 0.226. The number of carbonyl (C=O) groups excluding carboxylic acids is 2. The minimum atomic E-state index is -1.01. The Kier molecular flexibility index (Phi) is 7.96. The molecule has 0 bridgehead atoms. The van der Waals surface area contributed by atoms with Gasteiger partial charge in [-0.1, -0.05) is 54.6 Å². The molecular weight excluding hydrogens is 481 g/mol. The van der Waals surface area contributed by atoms with Gasteiger partial charge in [-0.15, -0.1) is 0 Å². The maximum atomic E-state index is 14.1. The predicted molar refractivity (Wildman–Crippen MR) is 146 cm³/mol. The first-order chi connectivity index (χ1) is 18.1. The summed E-state index contributed by atoms with van der Waals surface area (Å²) >= 11 is 0. The maximum absolute atomic E-state index is 14.1. The monoisotopic (exact) mass is 513 g/mol. The van der Waals surface area contributed by atoms with E-state index in [-0.39, 0.29) is 18.4 Å². The van der Waals surface area contributed by atoms with Crippen LogP contribution >= 0.6 is 0 Å². The van der Waals surface area contributed by atoms with E-state index in [1.54, 1.807) is 25.3 Å². The second-order valence-electron chi connectivity index (χ2n) is 10.1. The smallest absolute Gasteiger partial charge is 0.271 e. The van der Waals surface area contributed by atoms with Crippen molar-refractivity contribution in [2.75, 3.05) is 7.11 Å². The van der Waals surface area contributed by atoms with Crippen LogP contribution in [0, 0.1) is 5.82 Å². The van der Waals surface area contributed by atoms with Gasteiger partial charge in [-0.25, -0.2) is 4.39 Å². The van der Waals surface area contributed by atoms with E-state index >= 15 is 0 Å². The van der Waals surface area contributed by atoms with E-state index < -0.39 is 17.4 Å². The third-order valence-corrected chi connectivity index (χ3v) is 6.02. The summed E-state index contributed by atoms with van der Waals surface area (Å²) in [6, 6.07) is 25.2. The molecule has 196 valence electrons. The summed E-state index contributed by atoms with van der Waals surface area (Å²) in [4.78, 5) is 32.5. The molecule has 2 amide bonds. The number of carbonyl (C=O) groups is 2. The van der Waals surface area contributed by atoms with Crippen LogP contribution in [0.5, 0.6) is 5.75 Å². The van der Waals surface area contributed by atoms with Crippen molar-refractivity contribution in [1.82, 2.24) is 15.2 Å². The van der Waals surface area contributed by atoms with E-state index in [2.05, 4.69) is 10.3 Å². The quantitative estimate of drug-likeness (QED) is 0.298. The van der Waals surface area contributed by atoms with Gasteiger partial charge in [0, 0.05) is 17.8 Å². The number of nitrogens with zero attached hydrogens (tertiary/aromatic N) is 1. The molecule has 0 aliphatic heterocycles. The van der Waals surface area contributed by atoms with Gasteiger partial charge >= 0.3 is 0 Å². The van der Waals surface area contributed by atoms with Gasteiger partial charge in [0.25, 0.3) is 5.91 Å². The summed E-state index contributed by atoms with van der Waals surface area (Å²) in [6.45, 7) is 5.76. The maximum Gasteiger partial charge on any atom is 0.271 e. The van der Waals surface area contributed by atoms with Gasteiger partial charge in [-0.2, -0.15) is 0 Å². The zero-order valence-corrected chi connectivity index (χ0v) is 22.0. The molecule has 6 nitrogen and oxygen atoms in total. The first-order valence-corrected chi connectivity index (χ1v) is 12.4. The molecule has 0 aliphatic carbocycles. The fourth-order valence-electron chi connectivity index (χ4n) is 4.22. The number of halogens is 1. The Morgan fingerprint density at radius 1 is 0.921 bits per heavy atom. The lowest BCUT2D eigenvalue weighted by Gasteiger charge is -2.33. The van der Waals surface area contributed by atoms with E-state index in [9.17, 15) is 14.0 Å². The normalized spacial score (nSPS) is 12.0. The number of rotatable bonds is 8. The zero-order valence-electron chi connectivity index (χ0n) is 22.0. The lowest BCUT2D eigenvalue weighted by atomic mass is 10.0. The van der Waals surface area contributed by atoms with Crippen LogP contribution in [0.15, 0.2) is 91.0 Å². The molecule has 0 saturated heterocycles. The second-order valence-corrected chi connectivity index (χ2v) is 10.1. The van der Waals surface area contributed by atoms with E-state index in [0.29, 0.717) is 17.0 Å². The van der Waals surface area contributed by atoms with Crippen molar-refractivity contribution in [3.63, 3.8) is 0 Å².